The van der Waals surface area contributed by atoms with Gasteiger partial charge < -0.3 is 9.64 Å². The Balaban J connectivity index is 1.36. The van der Waals surface area contributed by atoms with Gasteiger partial charge in [-0.1, -0.05) is 63.3 Å². The lowest BCUT2D eigenvalue weighted by atomic mass is 9.91. The molecule has 0 N–H and O–H groups in total. The van der Waals surface area contributed by atoms with Crippen molar-refractivity contribution in [1.29, 1.82) is 0 Å². The molecule has 0 spiro atoms. The number of nitrogens with zero attached hydrogens (tertiary/aromatic N) is 2. The van der Waals surface area contributed by atoms with Crippen molar-refractivity contribution in [2.45, 2.75) is 76.5 Å². The molecule has 2 atom stereocenters. The number of hydrogen-bond acceptors (Lipinski definition) is 3. The first-order chi connectivity index (χ1) is 12.7. The van der Waals surface area contributed by atoms with Crippen LogP contribution in [0.25, 0.3) is 0 Å². The summed E-state index contributed by atoms with van der Waals surface area (Å²) in [6, 6.07) is 9.15. The third-order valence-corrected chi connectivity index (χ3v) is 6.39. The van der Waals surface area contributed by atoms with Crippen LogP contribution in [0, 0.1) is 0 Å². The van der Waals surface area contributed by atoms with Crippen molar-refractivity contribution in [3.8, 4) is 0 Å². The van der Waals surface area contributed by atoms with Gasteiger partial charge in [-0.2, -0.15) is 0 Å². The van der Waals surface area contributed by atoms with Crippen molar-refractivity contribution in [2.75, 3.05) is 19.6 Å². The number of carbonyl (C=O) groups excluding carboxylic acids is 1. The van der Waals surface area contributed by atoms with Crippen LogP contribution in [0.4, 0.5) is 4.79 Å². The highest BCUT2D eigenvalue weighted by molar-refractivity contribution is 5.70. The summed E-state index contributed by atoms with van der Waals surface area (Å²) in [5.74, 6) is 0.541. The average Bonchev–Trinajstić information content (AvgIpc) is 2.95. The highest BCUT2D eigenvalue weighted by Crippen LogP contribution is 2.29. The summed E-state index contributed by atoms with van der Waals surface area (Å²) in [5.41, 5.74) is 2.90. The standard InChI is InChI=1S/C22H32N2O2/c1-17-13-23(14-18-9-7-8-12-21(17)18)15-20-16-24(22(25)26-20)19-10-5-3-2-4-6-11-19/h7-9,12,17,19-20H,2-6,10-11,13-16H2,1H3/t17-,20+/m0/s1. The number of cyclic esters (lactones) is 1. The molecule has 2 aliphatic heterocycles. The van der Waals surface area contributed by atoms with Crippen molar-refractivity contribution in [2.24, 2.45) is 0 Å². The van der Waals surface area contributed by atoms with Crippen LogP contribution < -0.4 is 0 Å². The first-order valence-corrected chi connectivity index (χ1v) is 10.5. The van der Waals surface area contributed by atoms with E-state index in [1.165, 1.54) is 43.2 Å². The van der Waals surface area contributed by atoms with Crippen LogP contribution in [0.15, 0.2) is 24.3 Å². The fourth-order valence-corrected chi connectivity index (χ4v) is 5.06. The van der Waals surface area contributed by atoms with E-state index < -0.39 is 0 Å². The van der Waals surface area contributed by atoms with E-state index in [1.54, 1.807) is 0 Å². The zero-order valence-corrected chi connectivity index (χ0v) is 16.0. The summed E-state index contributed by atoms with van der Waals surface area (Å²) in [5, 5.41) is 0. The third kappa shape index (κ3) is 3.90. The molecule has 4 heteroatoms. The molecule has 3 aliphatic rings. The summed E-state index contributed by atoms with van der Waals surface area (Å²) in [7, 11) is 0. The van der Waals surface area contributed by atoms with Crippen LogP contribution in [0.1, 0.15) is 68.9 Å². The van der Waals surface area contributed by atoms with Gasteiger partial charge in [0.1, 0.15) is 6.10 Å². The second-order valence-electron chi connectivity index (χ2n) is 8.45. The van der Waals surface area contributed by atoms with Crippen LogP contribution in [0.5, 0.6) is 0 Å². The molecule has 0 radical (unpaired) electrons. The maximum atomic E-state index is 12.5. The second-order valence-corrected chi connectivity index (χ2v) is 8.45. The Morgan fingerprint density at radius 2 is 1.77 bits per heavy atom. The van der Waals surface area contributed by atoms with Crippen LogP contribution in [-0.4, -0.2) is 47.7 Å². The molecule has 142 valence electrons. The lowest BCUT2D eigenvalue weighted by molar-refractivity contribution is 0.0974. The molecule has 1 saturated heterocycles. The minimum absolute atomic E-state index is 0.0189. The van der Waals surface area contributed by atoms with Gasteiger partial charge in [0, 0.05) is 25.7 Å². The Labute approximate surface area is 157 Å². The molecule has 1 aromatic rings. The van der Waals surface area contributed by atoms with Crippen molar-refractivity contribution < 1.29 is 9.53 Å². The SMILES string of the molecule is C[C@H]1CN(C[C@@H]2CN(C3CCCCCCC3)C(=O)O2)Cc2ccccc21. The van der Waals surface area contributed by atoms with E-state index in [0.717, 1.165) is 39.0 Å². The smallest absolute Gasteiger partial charge is 0.410 e. The molecule has 4 nitrogen and oxygen atoms in total. The van der Waals surface area contributed by atoms with Crippen molar-refractivity contribution >= 4 is 6.09 Å². The molecule has 1 aromatic carbocycles. The Hall–Kier alpha value is -1.55. The molecule has 2 fully saturated rings. The zero-order chi connectivity index (χ0) is 17.9. The van der Waals surface area contributed by atoms with Crippen molar-refractivity contribution in [3.63, 3.8) is 0 Å². The summed E-state index contributed by atoms with van der Waals surface area (Å²) in [6.07, 6.45) is 8.72. The fourth-order valence-electron chi connectivity index (χ4n) is 5.06. The molecule has 1 saturated carbocycles. The minimum atomic E-state index is -0.0777. The topological polar surface area (TPSA) is 32.8 Å². The number of rotatable bonds is 3. The molecule has 0 bridgehead atoms. The van der Waals surface area contributed by atoms with E-state index in [9.17, 15) is 4.79 Å². The number of hydrogen-bond donors (Lipinski definition) is 0. The molecule has 4 rings (SSSR count). The first-order valence-electron chi connectivity index (χ1n) is 10.5. The normalized spacial score (nSPS) is 28.3. The number of benzene rings is 1. The molecule has 0 unspecified atom stereocenters. The van der Waals surface area contributed by atoms with Gasteiger partial charge in [-0.3, -0.25) is 4.90 Å². The van der Waals surface area contributed by atoms with Gasteiger partial charge in [-0.15, -0.1) is 0 Å². The molecule has 26 heavy (non-hydrogen) atoms. The van der Waals surface area contributed by atoms with E-state index in [-0.39, 0.29) is 12.2 Å². The Kier molecular flexibility index (Phi) is 5.49. The summed E-state index contributed by atoms with van der Waals surface area (Å²) < 4.78 is 5.77. The highest BCUT2D eigenvalue weighted by atomic mass is 16.6. The Morgan fingerprint density at radius 3 is 2.58 bits per heavy atom. The predicted molar refractivity (Wildman–Crippen MR) is 103 cm³/mol. The van der Waals surface area contributed by atoms with Crippen LogP contribution in [-0.2, 0) is 11.3 Å². The van der Waals surface area contributed by atoms with E-state index in [1.807, 2.05) is 4.90 Å². The fraction of sp³-hybridized carbons (Fsp3) is 0.682. The Bertz CT molecular complexity index is 624. The van der Waals surface area contributed by atoms with Gasteiger partial charge in [-0.25, -0.2) is 4.79 Å². The van der Waals surface area contributed by atoms with Crippen molar-refractivity contribution in [1.82, 2.24) is 9.80 Å². The number of ether oxygens (including phenoxy) is 1. The monoisotopic (exact) mass is 356 g/mol. The van der Waals surface area contributed by atoms with E-state index in [0.29, 0.717) is 12.0 Å². The maximum absolute atomic E-state index is 12.5. The van der Waals surface area contributed by atoms with Gasteiger partial charge in [0.15, 0.2) is 0 Å². The van der Waals surface area contributed by atoms with E-state index >= 15 is 0 Å². The highest BCUT2D eigenvalue weighted by Gasteiger charge is 2.37. The first kappa shape index (κ1) is 17.8. The van der Waals surface area contributed by atoms with Crippen LogP contribution in [0.3, 0.4) is 0 Å². The zero-order valence-electron chi connectivity index (χ0n) is 16.0. The Morgan fingerprint density at radius 1 is 1.04 bits per heavy atom. The van der Waals surface area contributed by atoms with E-state index in [4.69, 9.17) is 4.74 Å². The second kappa shape index (κ2) is 7.99. The lowest BCUT2D eigenvalue weighted by Crippen LogP contribution is -2.41. The van der Waals surface area contributed by atoms with Gasteiger partial charge >= 0.3 is 6.09 Å². The van der Waals surface area contributed by atoms with Crippen molar-refractivity contribution in [3.05, 3.63) is 35.4 Å². The summed E-state index contributed by atoms with van der Waals surface area (Å²) in [6.45, 7) is 5.95. The van der Waals surface area contributed by atoms with Gasteiger partial charge in [0.25, 0.3) is 0 Å². The average molecular weight is 357 g/mol. The summed E-state index contributed by atoms with van der Waals surface area (Å²) >= 11 is 0. The predicted octanol–water partition coefficient (Wildman–Crippen LogP) is 4.54. The number of fused-ring (bicyclic) bond motifs is 1. The molecule has 2 heterocycles. The number of amides is 1. The molecular formula is C22H32N2O2. The van der Waals surface area contributed by atoms with Crippen LogP contribution >= 0.6 is 0 Å². The molecular weight excluding hydrogens is 324 g/mol. The quantitative estimate of drug-likeness (QED) is 0.797. The molecule has 1 aliphatic carbocycles. The molecule has 0 aromatic heterocycles. The molecule has 1 amide bonds. The van der Waals surface area contributed by atoms with Gasteiger partial charge in [0.05, 0.1) is 6.54 Å². The summed E-state index contributed by atoms with van der Waals surface area (Å²) in [4.78, 5) is 17.0. The largest absolute Gasteiger partial charge is 0.443 e. The van der Waals surface area contributed by atoms with Gasteiger partial charge in [0.2, 0.25) is 0 Å². The number of carbonyl (C=O) groups is 1. The van der Waals surface area contributed by atoms with Crippen LogP contribution in [0.2, 0.25) is 0 Å². The third-order valence-electron chi connectivity index (χ3n) is 6.39. The minimum Gasteiger partial charge on any atom is -0.443 e. The van der Waals surface area contributed by atoms with E-state index in [2.05, 4.69) is 36.1 Å². The maximum Gasteiger partial charge on any atom is 0.410 e. The lowest BCUT2D eigenvalue weighted by Gasteiger charge is -2.34. The van der Waals surface area contributed by atoms with Gasteiger partial charge in [-0.05, 0) is 29.9 Å².